The summed E-state index contributed by atoms with van der Waals surface area (Å²) in [7, 11) is 1.53. The molecule has 1 saturated carbocycles. The Bertz CT molecular complexity index is 455. The van der Waals surface area contributed by atoms with Crippen LogP contribution in [0.25, 0.3) is 0 Å². The van der Waals surface area contributed by atoms with Crippen molar-refractivity contribution in [1.29, 1.82) is 0 Å². The Hall–Kier alpha value is -1.65. The summed E-state index contributed by atoms with van der Waals surface area (Å²) in [5.41, 5.74) is 0. The van der Waals surface area contributed by atoms with Crippen LogP contribution >= 0.6 is 0 Å². The molecule has 5 atom stereocenters. The maximum Gasteiger partial charge on any atom is 0.243 e. The summed E-state index contributed by atoms with van der Waals surface area (Å²) < 4.78 is 0. The number of hydrogen-bond acceptors (Lipinski definition) is 3. The summed E-state index contributed by atoms with van der Waals surface area (Å²) in [5.74, 6) is -0.617. The van der Waals surface area contributed by atoms with Gasteiger partial charge in [-0.25, -0.2) is 0 Å². The minimum atomic E-state index is -0.657. The van der Waals surface area contributed by atoms with Crippen LogP contribution in [-0.2, 0) is 14.4 Å². The van der Waals surface area contributed by atoms with Gasteiger partial charge in [0.2, 0.25) is 17.7 Å². The fraction of sp³-hybridized carbons (Fsp3) is 0.643. The maximum atomic E-state index is 12.5. The van der Waals surface area contributed by atoms with Crippen LogP contribution in [0, 0.1) is 23.7 Å². The van der Waals surface area contributed by atoms with E-state index in [4.69, 9.17) is 0 Å². The van der Waals surface area contributed by atoms with Crippen molar-refractivity contribution in [2.24, 2.45) is 23.7 Å². The third-order valence-electron chi connectivity index (χ3n) is 4.75. The zero-order valence-corrected chi connectivity index (χ0v) is 11.1. The van der Waals surface area contributed by atoms with Crippen molar-refractivity contribution in [2.45, 2.75) is 25.8 Å². The lowest BCUT2D eigenvalue weighted by Gasteiger charge is -2.25. The van der Waals surface area contributed by atoms with Gasteiger partial charge in [-0.05, 0) is 24.7 Å². The predicted molar refractivity (Wildman–Crippen MR) is 67.7 cm³/mol. The molecule has 5 unspecified atom stereocenters. The molecule has 5 nitrogen and oxygen atoms in total. The number of amides is 3. The molecule has 0 aromatic rings. The molecule has 3 amide bonds. The molecule has 0 radical (unpaired) electrons. The van der Waals surface area contributed by atoms with E-state index < -0.39 is 6.04 Å². The molecule has 1 saturated heterocycles. The Kier molecular flexibility index (Phi) is 2.73. The van der Waals surface area contributed by atoms with E-state index in [2.05, 4.69) is 17.5 Å². The van der Waals surface area contributed by atoms with E-state index in [9.17, 15) is 14.4 Å². The molecule has 2 fully saturated rings. The molecule has 0 aromatic heterocycles. The molecule has 1 aliphatic heterocycles. The number of allylic oxidation sites excluding steroid dienone is 2. The first-order chi connectivity index (χ1) is 9.10. The lowest BCUT2D eigenvalue weighted by molar-refractivity contribution is -0.148. The Labute approximate surface area is 112 Å². The predicted octanol–water partition coefficient (Wildman–Crippen LogP) is 0.318. The summed E-state index contributed by atoms with van der Waals surface area (Å²) in [6.45, 7) is 1.82. The highest BCUT2D eigenvalue weighted by Crippen LogP contribution is 2.52. The highest BCUT2D eigenvalue weighted by atomic mass is 16.2. The molecular weight excluding hydrogens is 244 g/mol. The van der Waals surface area contributed by atoms with Crippen molar-refractivity contribution < 1.29 is 14.4 Å². The molecule has 2 aliphatic carbocycles. The van der Waals surface area contributed by atoms with Crippen molar-refractivity contribution in [2.75, 3.05) is 7.05 Å². The third-order valence-corrected chi connectivity index (χ3v) is 4.75. The van der Waals surface area contributed by atoms with E-state index >= 15 is 0 Å². The van der Waals surface area contributed by atoms with Gasteiger partial charge in [-0.2, -0.15) is 0 Å². The SMILES string of the molecule is CCC(C(=O)NC)N1C(=O)C2C3C=CC(C3)C2C1=O. The number of hydrogen-bond donors (Lipinski definition) is 1. The average molecular weight is 262 g/mol. The maximum absolute atomic E-state index is 12.5. The number of rotatable bonds is 3. The van der Waals surface area contributed by atoms with Crippen LogP contribution in [0.1, 0.15) is 19.8 Å². The Morgan fingerprint density at radius 1 is 1.32 bits per heavy atom. The average Bonchev–Trinajstić information content (AvgIpc) is 3.07. The summed E-state index contributed by atoms with van der Waals surface area (Å²) in [6, 6.07) is -0.657. The van der Waals surface area contributed by atoms with Crippen molar-refractivity contribution in [1.82, 2.24) is 10.2 Å². The van der Waals surface area contributed by atoms with Crippen molar-refractivity contribution in [3.05, 3.63) is 12.2 Å². The third kappa shape index (κ3) is 1.50. The van der Waals surface area contributed by atoms with Crippen molar-refractivity contribution >= 4 is 17.7 Å². The molecule has 19 heavy (non-hydrogen) atoms. The number of imide groups is 1. The second kappa shape index (κ2) is 4.18. The Morgan fingerprint density at radius 2 is 1.84 bits per heavy atom. The van der Waals surface area contributed by atoms with Crippen LogP contribution in [0.2, 0.25) is 0 Å². The molecule has 1 heterocycles. The van der Waals surface area contributed by atoms with Gasteiger partial charge in [0.1, 0.15) is 6.04 Å². The van der Waals surface area contributed by atoms with Gasteiger partial charge in [0.25, 0.3) is 0 Å². The standard InChI is InChI=1S/C14H18N2O3/c1-3-9(12(17)15-2)16-13(18)10-7-4-5-8(6-7)11(10)14(16)19/h4-5,7-11H,3,6H2,1-2H3,(H,15,17). The fourth-order valence-corrected chi connectivity index (χ4v) is 3.88. The van der Waals surface area contributed by atoms with Crippen LogP contribution in [0.15, 0.2) is 12.2 Å². The molecule has 0 aromatic carbocycles. The van der Waals surface area contributed by atoms with Crippen LogP contribution in [-0.4, -0.2) is 35.7 Å². The van der Waals surface area contributed by atoms with Gasteiger partial charge in [0.05, 0.1) is 11.8 Å². The van der Waals surface area contributed by atoms with Gasteiger partial charge < -0.3 is 5.32 Å². The van der Waals surface area contributed by atoms with E-state index in [1.807, 2.05) is 6.92 Å². The minimum Gasteiger partial charge on any atom is -0.357 e. The number of nitrogens with zero attached hydrogens (tertiary/aromatic N) is 1. The van der Waals surface area contributed by atoms with Crippen LogP contribution < -0.4 is 5.32 Å². The summed E-state index contributed by atoms with van der Waals surface area (Å²) in [4.78, 5) is 38.1. The number of fused-ring (bicyclic) bond motifs is 5. The zero-order valence-electron chi connectivity index (χ0n) is 11.1. The van der Waals surface area contributed by atoms with Gasteiger partial charge in [-0.1, -0.05) is 19.1 Å². The molecule has 5 heteroatoms. The molecule has 3 rings (SSSR count). The Balaban J connectivity index is 1.91. The lowest BCUT2D eigenvalue weighted by Crippen LogP contribution is -2.49. The number of nitrogens with one attached hydrogen (secondary N) is 1. The summed E-state index contributed by atoms with van der Waals surface area (Å²) in [5, 5.41) is 2.54. The number of likely N-dealkylation sites (tertiary alicyclic amines) is 1. The van der Waals surface area contributed by atoms with Gasteiger partial charge in [-0.15, -0.1) is 0 Å². The smallest absolute Gasteiger partial charge is 0.243 e. The van der Waals surface area contributed by atoms with Crippen LogP contribution in [0.3, 0.4) is 0 Å². The minimum absolute atomic E-state index is 0.151. The van der Waals surface area contributed by atoms with E-state index in [-0.39, 0.29) is 41.4 Å². The van der Waals surface area contributed by atoms with Crippen molar-refractivity contribution in [3.8, 4) is 0 Å². The highest BCUT2D eigenvalue weighted by Gasteiger charge is 2.60. The van der Waals surface area contributed by atoms with Gasteiger partial charge in [0.15, 0.2) is 0 Å². The van der Waals surface area contributed by atoms with E-state index in [1.165, 1.54) is 11.9 Å². The first-order valence-corrected chi connectivity index (χ1v) is 6.87. The van der Waals surface area contributed by atoms with Crippen molar-refractivity contribution in [3.63, 3.8) is 0 Å². The second-order valence-electron chi connectivity index (χ2n) is 5.58. The molecule has 1 N–H and O–H groups in total. The molecular formula is C14H18N2O3. The number of carbonyl (C=O) groups excluding carboxylic acids is 3. The number of likely N-dealkylation sites (N-methyl/N-ethyl adjacent to an activating group) is 1. The van der Waals surface area contributed by atoms with Crippen LogP contribution in [0.5, 0.6) is 0 Å². The normalized spacial score (nSPS) is 36.8. The zero-order chi connectivity index (χ0) is 13.7. The van der Waals surface area contributed by atoms with Gasteiger partial charge in [-0.3, -0.25) is 19.3 Å². The first-order valence-electron chi connectivity index (χ1n) is 6.87. The molecule has 3 aliphatic rings. The first kappa shape index (κ1) is 12.4. The number of carbonyl (C=O) groups is 3. The summed E-state index contributed by atoms with van der Waals surface area (Å²) >= 11 is 0. The topological polar surface area (TPSA) is 66.5 Å². The molecule has 2 bridgehead atoms. The largest absolute Gasteiger partial charge is 0.357 e. The van der Waals surface area contributed by atoms with E-state index in [0.717, 1.165) is 6.42 Å². The van der Waals surface area contributed by atoms with Crippen LogP contribution in [0.4, 0.5) is 0 Å². The lowest BCUT2D eigenvalue weighted by atomic mass is 9.85. The van der Waals surface area contributed by atoms with Gasteiger partial charge >= 0.3 is 0 Å². The molecule has 0 spiro atoms. The van der Waals surface area contributed by atoms with Gasteiger partial charge in [0, 0.05) is 7.05 Å². The van der Waals surface area contributed by atoms with E-state index in [0.29, 0.717) is 6.42 Å². The molecule has 102 valence electrons. The quantitative estimate of drug-likeness (QED) is 0.588. The summed E-state index contributed by atoms with van der Waals surface area (Å²) in [6.07, 6.45) is 5.49. The van der Waals surface area contributed by atoms with E-state index in [1.54, 1.807) is 0 Å². The highest BCUT2D eigenvalue weighted by molar-refractivity contribution is 6.09. The fourth-order valence-electron chi connectivity index (χ4n) is 3.88. The Morgan fingerprint density at radius 3 is 2.26 bits per heavy atom. The monoisotopic (exact) mass is 262 g/mol. The second-order valence-corrected chi connectivity index (χ2v) is 5.58.